The minimum absolute atomic E-state index is 0.0201. The van der Waals surface area contributed by atoms with Crippen LogP contribution in [0.25, 0.3) is 0 Å². The van der Waals surface area contributed by atoms with E-state index in [4.69, 9.17) is 9.73 Å². The predicted octanol–water partition coefficient (Wildman–Crippen LogP) is 3.14. The summed E-state index contributed by atoms with van der Waals surface area (Å²) >= 11 is 0. The summed E-state index contributed by atoms with van der Waals surface area (Å²) in [5, 5.41) is 20.8. The van der Waals surface area contributed by atoms with Gasteiger partial charge in [-0.1, -0.05) is 0 Å². The third-order valence-corrected chi connectivity index (χ3v) is 6.44. The van der Waals surface area contributed by atoms with E-state index < -0.39 is 11.0 Å². The number of non-ortho nitro benzene ring substituents is 1. The van der Waals surface area contributed by atoms with E-state index in [0.29, 0.717) is 39.3 Å². The highest BCUT2D eigenvalue weighted by Crippen LogP contribution is 2.37. The van der Waals surface area contributed by atoms with Gasteiger partial charge in [0, 0.05) is 41.9 Å². The van der Waals surface area contributed by atoms with Gasteiger partial charge in [0.2, 0.25) is 0 Å². The number of rotatable bonds is 3. The number of nitrogens with zero attached hydrogens (tertiary/aromatic N) is 5. The van der Waals surface area contributed by atoms with Crippen molar-refractivity contribution in [2.75, 3.05) is 32.8 Å². The standard InChI is InChI=1S/C23H31N5O5/c1-15-14-33-12-11-26(15)21-18-13-25(22(29)30)10-9-19(18)27(23(2,3)4)20(24-21)16-5-7-17(8-6-16)28(31)32/h5-8,15,19H,9-14H2,1-4H3,(H,29,30). The molecule has 178 valence electrons. The number of piperidine rings is 1. The summed E-state index contributed by atoms with van der Waals surface area (Å²) in [6.07, 6.45) is -0.282. The van der Waals surface area contributed by atoms with Crippen LogP contribution in [0, 0.1) is 10.1 Å². The Morgan fingerprint density at radius 1 is 1.24 bits per heavy atom. The average molecular weight is 458 g/mol. The molecule has 2 saturated heterocycles. The Hall–Kier alpha value is -3.14. The van der Waals surface area contributed by atoms with Crippen LogP contribution < -0.4 is 0 Å². The van der Waals surface area contributed by atoms with Gasteiger partial charge < -0.3 is 24.5 Å². The molecule has 0 bridgehead atoms. The number of amidine groups is 1. The number of nitro groups is 1. The second-order valence-electron chi connectivity index (χ2n) is 9.75. The maximum atomic E-state index is 11.8. The van der Waals surface area contributed by atoms with Gasteiger partial charge in [-0.25, -0.2) is 9.79 Å². The van der Waals surface area contributed by atoms with E-state index in [1.807, 2.05) is 0 Å². The highest BCUT2D eigenvalue weighted by molar-refractivity contribution is 6.01. The molecule has 10 heteroatoms. The van der Waals surface area contributed by atoms with Crippen LogP contribution in [-0.4, -0.2) is 87.1 Å². The van der Waals surface area contributed by atoms with E-state index in [1.165, 1.54) is 17.0 Å². The molecule has 1 aromatic carbocycles. The van der Waals surface area contributed by atoms with Crippen LogP contribution in [0.3, 0.4) is 0 Å². The molecule has 3 heterocycles. The highest BCUT2D eigenvalue weighted by atomic mass is 16.6. The molecule has 4 rings (SSSR count). The molecular formula is C23H31N5O5. The van der Waals surface area contributed by atoms with E-state index in [9.17, 15) is 20.0 Å². The lowest BCUT2D eigenvalue weighted by Crippen LogP contribution is -2.60. The van der Waals surface area contributed by atoms with Crippen LogP contribution >= 0.6 is 0 Å². The summed E-state index contributed by atoms with van der Waals surface area (Å²) in [5.41, 5.74) is 1.53. The van der Waals surface area contributed by atoms with Crippen LogP contribution in [0.4, 0.5) is 10.5 Å². The topological polar surface area (TPSA) is 112 Å². The van der Waals surface area contributed by atoms with Crippen LogP contribution in [0.1, 0.15) is 39.7 Å². The number of benzene rings is 1. The predicted molar refractivity (Wildman–Crippen MR) is 123 cm³/mol. The van der Waals surface area contributed by atoms with Crippen molar-refractivity contribution in [1.29, 1.82) is 0 Å². The first-order valence-corrected chi connectivity index (χ1v) is 11.3. The number of hydrogen-bond donors (Lipinski definition) is 1. The number of ether oxygens (including phenoxy) is 1. The Bertz CT molecular complexity index is 997. The van der Waals surface area contributed by atoms with Gasteiger partial charge in [-0.2, -0.15) is 0 Å². The number of nitro benzene ring substituents is 1. The van der Waals surface area contributed by atoms with Gasteiger partial charge in [-0.05, 0) is 46.2 Å². The first-order valence-electron chi connectivity index (χ1n) is 11.3. The Morgan fingerprint density at radius 3 is 2.52 bits per heavy atom. The molecule has 2 fully saturated rings. The number of fused-ring (bicyclic) bond motifs is 1. The monoisotopic (exact) mass is 457 g/mol. The molecule has 0 spiro atoms. The Labute approximate surface area is 193 Å². The van der Waals surface area contributed by atoms with Crippen molar-refractivity contribution in [3.63, 3.8) is 0 Å². The van der Waals surface area contributed by atoms with Crippen LogP contribution in [0.15, 0.2) is 40.7 Å². The largest absolute Gasteiger partial charge is 0.465 e. The molecule has 10 nitrogen and oxygen atoms in total. The molecular weight excluding hydrogens is 426 g/mol. The lowest BCUT2D eigenvalue weighted by atomic mass is 9.89. The van der Waals surface area contributed by atoms with Crippen LogP contribution in [0.2, 0.25) is 0 Å². The maximum absolute atomic E-state index is 11.8. The summed E-state index contributed by atoms with van der Waals surface area (Å²) in [6, 6.07) is 6.57. The molecule has 0 aromatic heterocycles. The van der Waals surface area contributed by atoms with Gasteiger partial charge in [0.1, 0.15) is 11.7 Å². The zero-order valence-electron chi connectivity index (χ0n) is 19.5. The van der Waals surface area contributed by atoms with E-state index in [1.54, 1.807) is 12.1 Å². The third-order valence-electron chi connectivity index (χ3n) is 6.44. The van der Waals surface area contributed by atoms with E-state index in [-0.39, 0.29) is 23.3 Å². The summed E-state index contributed by atoms with van der Waals surface area (Å²) in [5.74, 6) is 1.55. The molecule has 1 amide bonds. The van der Waals surface area contributed by atoms with Crippen molar-refractivity contribution in [2.24, 2.45) is 4.99 Å². The zero-order chi connectivity index (χ0) is 23.9. The molecule has 3 aliphatic heterocycles. The minimum atomic E-state index is -0.928. The quantitative estimate of drug-likeness (QED) is 0.548. The average Bonchev–Trinajstić information content (AvgIpc) is 2.77. The van der Waals surface area contributed by atoms with Gasteiger partial charge in [0.15, 0.2) is 0 Å². The Morgan fingerprint density at radius 2 is 1.94 bits per heavy atom. The number of aliphatic imine (C=N–C) groups is 1. The first kappa shape index (κ1) is 23.0. The lowest BCUT2D eigenvalue weighted by Gasteiger charge is -2.51. The summed E-state index contributed by atoms with van der Waals surface area (Å²) < 4.78 is 5.63. The number of hydrogen-bond acceptors (Lipinski definition) is 7. The molecule has 0 saturated carbocycles. The minimum Gasteiger partial charge on any atom is -0.465 e. The smallest absolute Gasteiger partial charge is 0.407 e. The lowest BCUT2D eigenvalue weighted by molar-refractivity contribution is -0.384. The fourth-order valence-corrected chi connectivity index (χ4v) is 4.90. The molecule has 2 unspecified atom stereocenters. The molecule has 1 aromatic rings. The molecule has 0 radical (unpaired) electrons. The van der Waals surface area contributed by atoms with Gasteiger partial charge in [-0.15, -0.1) is 0 Å². The van der Waals surface area contributed by atoms with Crippen LogP contribution in [-0.2, 0) is 4.74 Å². The second kappa shape index (κ2) is 8.66. The second-order valence-corrected chi connectivity index (χ2v) is 9.75. The SMILES string of the molecule is CC1COCCN1C1=C2CN(C(=O)O)CCC2N(C(C)(C)C)C(c2ccc([N+](=O)[O-])cc2)=N1. The number of amides is 1. The zero-order valence-corrected chi connectivity index (χ0v) is 19.5. The van der Waals surface area contributed by atoms with E-state index in [0.717, 1.165) is 22.8 Å². The Balaban J connectivity index is 1.87. The van der Waals surface area contributed by atoms with Crippen molar-refractivity contribution in [3.05, 3.63) is 51.3 Å². The van der Waals surface area contributed by atoms with Crippen molar-refractivity contribution in [1.82, 2.24) is 14.7 Å². The summed E-state index contributed by atoms with van der Waals surface area (Å²) in [6.45, 7) is 11.0. The third kappa shape index (κ3) is 4.39. The molecule has 2 atom stereocenters. The number of carboxylic acid groups (broad SMARTS) is 1. The molecule has 33 heavy (non-hydrogen) atoms. The number of morpholine rings is 1. The van der Waals surface area contributed by atoms with Crippen LogP contribution in [0.5, 0.6) is 0 Å². The van der Waals surface area contributed by atoms with Crippen molar-refractivity contribution in [2.45, 2.75) is 51.7 Å². The summed E-state index contributed by atoms with van der Waals surface area (Å²) in [7, 11) is 0. The summed E-state index contributed by atoms with van der Waals surface area (Å²) in [4.78, 5) is 33.6. The van der Waals surface area contributed by atoms with Gasteiger partial charge >= 0.3 is 6.09 Å². The normalized spacial score (nSPS) is 23.9. The fourth-order valence-electron chi connectivity index (χ4n) is 4.90. The van der Waals surface area contributed by atoms with Gasteiger partial charge in [0.25, 0.3) is 5.69 Å². The molecule has 1 N–H and O–H groups in total. The number of carbonyl (C=O) groups is 1. The first-order chi connectivity index (χ1) is 15.6. The van der Waals surface area contributed by atoms with E-state index in [2.05, 4.69) is 37.5 Å². The highest BCUT2D eigenvalue weighted by Gasteiger charge is 2.43. The van der Waals surface area contributed by atoms with Crippen molar-refractivity contribution >= 4 is 17.6 Å². The van der Waals surface area contributed by atoms with Crippen molar-refractivity contribution < 1.29 is 19.6 Å². The van der Waals surface area contributed by atoms with Gasteiger partial charge in [0.05, 0.1) is 36.8 Å². The van der Waals surface area contributed by atoms with Crippen molar-refractivity contribution in [3.8, 4) is 0 Å². The molecule has 0 aliphatic carbocycles. The molecule has 3 aliphatic rings. The van der Waals surface area contributed by atoms with Gasteiger partial charge in [-0.3, -0.25) is 10.1 Å². The Kier molecular flexibility index (Phi) is 6.04. The maximum Gasteiger partial charge on any atom is 0.407 e. The van der Waals surface area contributed by atoms with E-state index >= 15 is 0 Å². The number of likely N-dealkylation sites (tertiary alicyclic amines) is 1. The fraction of sp³-hybridized carbons (Fsp3) is 0.565.